The Morgan fingerprint density at radius 1 is 1.37 bits per heavy atom. The van der Waals surface area contributed by atoms with E-state index >= 15 is 0 Å². The highest BCUT2D eigenvalue weighted by Gasteiger charge is 2.22. The first-order valence-electron chi connectivity index (χ1n) is 6.50. The fraction of sp³-hybridized carbons (Fsp3) is 0.333. The molecule has 0 aliphatic rings. The minimum atomic E-state index is -0.808. The maximum Gasteiger partial charge on any atom is 0.311 e. The molecule has 1 aromatic heterocycles. The summed E-state index contributed by atoms with van der Waals surface area (Å²) in [6.45, 7) is 2.96. The summed E-state index contributed by atoms with van der Waals surface area (Å²) in [6.07, 6.45) is 5.07. The fourth-order valence-electron chi connectivity index (χ4n) is 2.19. The summed E-state index contributed by atoms with van der Waals surface area (Å²) in [7, 11) is 0. The number of nitrogens with zero attached hydrogens (tertiary/aromatic N) is 2. The van der Waals surface area contributed by atoms with Gasteiger partial charge in [0.05, 0.1) is 5.92 Å². The molecule has 1 heterocycles. The first-order valence-corrected chi connectivity index (χ1v) is 6.50. The highest BCUT2D eigenvalue weighted by Crippen LogP contribution is 2.20. The van der Waals surface area contributed by atoms with Crippen molar-refractivity contribution in [3.63, 3.8) is 0 Å². The fourth-order valence-corrected chi connectivity index (χ4v) is 2.19. The molecule has 1 N–H and O–H groups in total. The molecule has 2 rings (SSSR count). The Bertz CT molecular complexity index is 534. The van der Waals surface area contributed by atoms with E-state index < -0.39 is 11.9 Å². The number of hydrogen-bond acceptors (Lipinski definition) is 2. The molecule has 0 radical (unpaired) electrons. The Kier molecular flexibility index (Phi) is 4.34. The van der Waals surface area contributed by atoms with Gasteiger partial charge in [-0.05, 0) is 12.0 Å². The van der Waals surface area contributed by atoms with E-state index in [0.717, 1.165) is 24.4 Å². The summed E-state index contributed by atoms with van der Waals surface area (Å²) in [5.41, 5.74) is 0.820. The second-order valence-electron chi connectivity index (χ2n) is 4.54. The molecule has 1 unspecified atom stereocenters. The van der Waals surface area contributed by atoms with E-state index in [1.165, 1.54) is 0 Å². The van der Waals surface area contributed by atoms with Gasteiger partial charge in [0.25, 0.3) is 0 Å². The van der Waals surface area contributed by atoms with Crippen LogP contribution < -0.4 is 0 Å². The average Bonchev–Trinajstić information content (AvgIpc) is 2.84. The van der Waals surface area contributed by atoms with Crippen LogP contribution in [0.5, 0.6) is 0 Å². The maximum absolute atomic E-state index is 11.5. The Morgan fingerprint density at radius 3 is 2.74 bits per heavy atom. The van der Waals surface area contributed by atoms with Gasteiger partial charge in [0.1, 0.15) is 5.82 Å². The van der Waals surface area contributed by atoms with Crippen LogP contribution in [0, 0.1) is 0 Å². The molecule has 1 aromatic carbocycles. The minimum absolute atomic E-state index is 0.423. The molecule has 0 saturated heterocycles. The zero-order chi connectivity index (χ0) is 13.7. The van der Waals surface area contributed by atoms with Crippen molar-refractivity contribution in [2.75, 3.05) is 0 Å². The van der Waals surface area contributed by atoms with Crippen molar-refractivity contribution in [2.45, 2.75) is 32.2 Å². The summed E-state index contributed by atoms with van der Waals surface area (Å²) >= 11 is 0. The molecule has 2 aromatic rings. The summed E-state index contributed by atoms with van der Waals surface area (Å²) in [4.78, 5) is 15.7. The van der Waals surface area contributed by atoms with Gasteiger partial charge in [0.15, 0.2) is 0 Å². The van der Waals surface area contributed by atoms with E-state index in [-0.39, 0.29) is 0 Å². The summed E-state index contributed by atoms with van der Waals surface area (Å²) < 4.78 is 2.03. The predicted molar refractivity (Wildman–Crippen MR) is 73.0 cm³/mol. The van der Waals surface area contributed by atoms with Gasteiger partial charge in [-0.25, -0.2) is 4.98 Å². The van der Waals surface area contributed by atoms with E-state index in [2.05, 4.69) is 11.9 Å². The Morgan fingerprint density at radius 2 is 2.11 bits per heavy atom. The normalized spacial score (nSPS) is 12.3. The molecular formula is C15H18N2O2. The Labute approximate surface area is 112 Å². The first kappa shape index (κ1) is 13.3. The van der Waals surface area contributed by atoms with Crippen LogP contribution >= 0.6 is 0 Å². The number of carbonyl (C=O) groups is 1. The highest BCUT2D eigenvalue weighted by atomic mass is 16.4. The van der Waals surface area contributed by atoms with E-state index in [0.29, 0.717) is 6.42 Å². The Balaban J connectivity index is 2.22. The van der Waals surface area contributed by atoms with Crippen molar-refractivity contribution < 1.29 is 9.90 Å². The van der Waals surface area contributed by atoms with Gasteiger partial charge in [-0.15, -0.1) is 0 Å². The smallest absolute Gasteiger partial charge is 0.311 e. The lowest BCUT2D eigenvalue weighted by Gasteiger charge is -2.13. The number of rotatable bonds is 6. The molecule has 0 aliphatic heterocycles. The third-order valence-electron chi connectivity index (χ3n) is 3.15. The third kappa shape index (κ3) is 3.22. The lowest BCUT2D eigenvalue weighted by molar-refractivity contribution is -0.138. The molecule has 1 atom stereocenters. The topological polar surface area (TPSA) is 55.1 Å². The lowest BCUT2D eigenvalue weighted by Crippen LogP contribution is -2.17. The van der Waals surface area contributed by atoms with Gasteiger partial charge < -0.3 is 9.67 Å². The molecule has 19 heavy (non-hydrogen) atoms. The number of hydrogen-bond donors (Lipinski definition) is 1. The predicted octanol–water partition coefficient (Wildman–Crippen LogP) is 2.70. The largest absolute Gasteiger partial charge is 0.481 e. The van der Waals surface area contributed by atoms with Crippen molar-refractivity contribution in [3.05, 3.63) is 54.1 Å². The molecule has 4 heteroatoms. The molecule has 0 fully saturated rings. The number of carboxylic acid groups (broad SMARTS) is 1. The van der Waals surface area contributed by atoms with Crippen LogP contribution in [-0.4, -0.2) is 20.6 Å². The van der Waals surface area contributed by atoms with Gasteiger partial charge in [0, 0.05) is 25.4 Å². The van der Waals surface area contributed by atoms with Crippen LogP contribution in [0.1, 0.15) is 30.7 Å². The van der Waals surface area contributed by atoms with E-state index in [1.54, 1.807) is 6.20 Å². The van der Waals surface area contributed by atoms with Crippen molar-refractivity contribution in [2.24, 2.45) is 0 Å². The van der Waals surface area contributed by atoms with Crippen LogP contribution in [0.2, 0.25) is 0 Å². The third-order valence-corrected chi connectivity index (χ3v) is 3.15. The van der Waals surface area contributed by atoms with E-state index in [1.807, 2.05) is 41.1 Å². The number of aliphatic carboxylic acids is 1. The quantitative estimate of drug-likeness (QED) is 0.866. The standard InChI is InChI=1S/C15H18N2O2/c1-2-9-17-10-8-16-14(17)11-13(15(18)19)12-6-4-3-5-7-12/h3-8,10,13H,2,9,11H2,1H3,(H,18,19). The number of carboxylic acids is 1. The van der Waals surface area contributed by atoms with E-state index in [9.17, 15) is 9.90 Å². The monoisotopic (exact) mass is 258 g/mol. The average molecular weight is 258 g/mol. The molecule has 0 spiro atoms. The summed E-state index contributed by atoms with van der Waals surface area (Å²) in [5.74, 6) is -0.519. The highest BCUT2D eigenvalue weighted by molar-refractivity contribution is 5.76. The molecule has 0 saturated carbocycles. The van der Waals surface area contributed by atoms with Crippen LogP contribution in [0.15, 0.2) is 42.7 Å². The lowest BCUT2D eigenvalue weighted by atomic mass is 9.95. The number of aromatic nitrogens is 2. The van der Waals surface area contributed by atoms with Crippen LogP contribution in [0.25, 0.3) is 0 Å². The van der Waals surface area contributed by atoms with Crippen LogP contribution in [-0.2, 0) is 17.8 Å². The zero-order valence-electron chi connectivity index (χ0n) is 11.0. The van der Waals surface area contributed by atoms with Crippen LogP contribution in [0.4, 0.5) is 0 Å². The summed E-state index contributed by atoms with van der Waals surface area (Å²) in [6, 6.07) is 9.33. The van der Waals surface area contributed by atoms with Gasteiger partial charge in [0.2, 0.25) is 0 Å². The second-order valence-corrected chi connectivity index (χ2v) is 4.54. The zero-order valence-corrected chi connectivity index (χ0v) is 11.0. The molecule has 100 valence electrons. The molecule has 0 aliphatic carbocycles. The Hall–Kier alpha value is -2.10. The molecular weight excluding hydrogens is 240 g/mol. The van der Waals surface area contributed by atoms with Crippen molar-refractivity contribution in [1.82, 2.24) is 9.55 Å². The van der Waals surface area contributed by atoms with Crippen molar-refractivity contribution in [1.29, 1.82) is 0 Å². The number of benzene rings is 1. The van der Waals surface area contributed by atoms with Gasteiger partial charge in [-0.3, -0.25) is 4.79 Å². The number of imidazole rings is 1. The second kappa shape index (κ2) is 6.18. The SMILES string of the molecule is CCCn1ccnc1CC(C(=O)O)c1ccccc1. The first-order chi connectivity index (χ1) is 9.22. The minimum Gasteiger partial charge on any atom is -0.481 e. The van der Waals surface area contributed by atoms with Crippen molar-refractivity contribution >= 4 is 5.97 Å². The van der Waals surface area contributed by atoms with Gasteiger partial charge >= 0.3 is 5.97 Å². The molecule has 0 amide bonds. The van der Waals surface area contributed by atoms with E-state index in [4.69, 9.17) is 0 Å². The maximum atomic E-state index is 11.5. The van der Waals surface area contributed by atoms with Gasteiger partial charge in [-0.2, -0.15) is 0 Å². The van der Waals surface area contributed by atoms with Gasteiger partial charge in [-0.1, -0.05) is 37.3 Å². The van der Waals surface area contributed by atoms with Crippen molar-refractivity contribution in [3.8, 4) is 0 Å². The summed E-state index contributed by atoms with van der Waals surface area (Å²) in [5, 5.41) is 9.41. The number of aryl methyl sites for hydroxylation is 1. The van der Waals surface area contributed by atoms with Crippen LogP contribution in [0.3, 0.4) is 0 Å². The molecule has 0 bridgehead atoms. The molecule has 4 nitrogen and oxygen atoms in total.